The molecule has 5 amide bonds. The van der Waals surface area contributed by atoms with Crippen LogP contribution in [0, 0.1) is 38.9 Å². The van der Waals surface area contributed by atoms with Crippen LogP contribution in [-0.2, 0) is 38.9 Å². The molecule has 0 bridgehead atoms. The van der Waals surface area contributed by atoms with Crippen LogP contribution in [-0.4, -0.2) is 128 Å². The Morgan fingerprint density at radius 1 is 0.879 bits per heavy atom. The van der Waals surface area contributed by atoms with E-state index in [4.69, 9.17) is 4.74 Å². The minimum Gasteiger partial charge on any atom is -0.379 e. The van der Waals surface area contributed by atoms with Gasteiger partial charge >= 0.3 is 10.2 Å². The van der Waals surface area contributed by atoms with Crippen molar-refractivity contribution in [2.24, 2.45) is 38.9 Å². The van der Waals surface area contributed by atoms with E-state index >= 15 is 4.79 Å². The summed E-state index contributed by atoms with van der Waals surface area (Å²) in [4.78, 5) is 75.6. The molecule has 0 aromatic rings. The molecule has 16 heteroatoms. The molecule has 4 N–H and O–H groups in total. The number of hydrogen-bond donors (Lipinski definition) is 4. The maximum Gasteiger partial charge on any atom is 0.304 e. The van der Waals surface area contributed by atoms with Crippen LogP contribution in [0.2, 0.25) is 0 Å². The van der Waals surface area contributed by atoms with Gasteiger partial charge in [-0.05, 0) is 73.3 Å². The summed E-state index contributed by atoms with van der Waals surface area (Å²) in [5.41, 5.74) is -3.59. The number of carbonyl (C=O) groups excluding carboxylic acids is 5. The van der Waals surface area contributed by atoms with Crippen LogP contribution >= 0.6 is 0 Å². The van der Waals surface area contributed by atoms with E-state index in [0.717, 1.165) is 49.5 Å². The van der Waals surface area contributed by atoms with Gasteiger partial charge in [0.25, 0.3) is 5.91 Å². The molecule has 0 aromatic heterocycles. The van der Waals surface area contributed by atoms with Crippen molar-refractivity contribution in [1.82, 2.24) is 34.8 Å². The number of carbonyl (C=O) groups is 5. The normalized spacial score (nSPS) is 31.7. The van der Waals surface area contributed by atoms with Gasteiger partial charge in [-0.2, -0.15) is 12.7 Å². The number of hydrogen-bond acceptors (Lipinski definition) is 9. The van der Waals surface area contributed by atoms with E-state index < -0.39 is 74.3 Å². The van der Waals surface area contributed by atoms with E-state index in [2.05, 4.69) is 52.9 Å². The quantitative estimate of drug-likeness (QED) is 0.214. The average molecular weight is 832 g/mol. The Labute approximate surface area is 345 Å². The minimum absolute atomic E-state index is 0.0351. The number of ether oxygens (including phenoxy) is 1. The highest BCUT2D eigenvalue weighted by atomic mass is 32.2. The lowest BCUT2D eigenvalue weighted by Gasteiger charge is -2.39. The van der Waals surface area contributed by atoms with Crippen molar-refractivity contribution in [1.29, 1.82) is 0 Å². The van der Waals surface area contributed by atoms with Gasteiger partial charge < -0.3 is 30.5 Å². The third kappa shape index (κ3) is 7.61. The number of piperidine rings is 1. The second kappa shape index (κ2) is 15.4. The minimum atomic E-state index is -4.21. The second-order valence-corrected chi connectivity index (χ2v) is 22.3. The Balaban J connectivity index is 1.26. The van der Waals surface area contributed by atoms with Crippen LogP contribution in [0.25, 0.3) is 0 Å². The zero-order chi connectivity index (χ0) is 42.9. The first-order valence-electron chi connectivity index (χ1n) is 21.4. The number of amides is 5. The third-order valence-electron chi connectivity index (χ3n) is 15.1. The van der Waals surface area contributed by atoms with Gasteiger partial charge in [0.05, 0.1) is 19.1 Å². The van der Waals surface area contributed by atoms with Crippen molar-refractivity contribution in [3.63, 3.8) is 0 Å². The van der Waals surface area contributed by atoms with Crippen LogP contribution in [0.5, 0.6) is 0 Å². The van der Waals surface area contributed by atoms with Crippen LogP contribution < -0.4 is 20.7 Å². The van der Waals surface area contributed by atoms with Gasteiger partial charge in [0.1, 0.15) is 23.7 Å². The molecular formula is C42H69N7O8S. The standard InChI is InChI=1S/C42H69N7O8S/c1-11-28-23-42(28,36(54)46-58(55,56)48-19-21-57-22-20-48)45-33(51)29-24-41(39(9,10)40(41)16-14-17-40)26-49(29)35(53)31(38(6,7)8)44-34(52)30(37(3,4)5)43-32(50)27-15-13-18-47(12-2)25-27/h11,27-31H,1,12-26H2,2-10H3,(H,43,50)(H,44,52)(H,45,51)(H,46,54)/t27-,28-,29+,30-,31-,41-,42-/m1/s1. The van der Waals surface area contributed by atoms with Crippen LogP contribution in [0.4, 0.5) is 0 Å². The van der Waals surface area contributed by atoms with Gasteiger partial charge in [0.2, 0.25) is 23.6 Å². The van der Waals surface area contributed by atoms with Gasteiger partial charge in [-0.3, -0.25) is 24.0 Å². The SMILES string of the molecule is C=C[C@@H]1C[C@]1(NC(=O)[C@@H]1C[C@@]2(CN1C(=O)[C@@H](NC(=O)[C@@H](NC(=O)[C@@H]1CCCN(CC)C1)C(C)(C)C)C(C)(C)C)C(C)(C)C21CCC1)C(=O)NS(=O)(=O)N1CCOCC1. The first kappa shape index (κ1) is 44.5. The molecule has 6 aliphatic rings. The molecule has 58 heavy (non-hydrogen) atoms. The van der Waals surface area contributed by atoms with E-state index in [-0.39, 0.29) is 60.8 Å². The fourth-order valence-electron chi connectivity index (χ4n) is 11.0. The smallest absolute Gasteiger partial charge is 0.304 e. The molecule has 0 unspecified atom stereocenters. The maximum absolute atomic E-state index is 15.1. The fourth-order valence-corrected chi connectivity index (χ4v) is 12.2. The number of nitrogens with zero attached hydrogens (tertiary/aromatic N) is 3. The summed E-state index contributed by atoms with van der Waals surface area (Å²) in [5.74, 6) is -3.22. The van der Waals surface area contributed by atoms with Gasteiger partial charge in [-0.1, -0.05) is 74.8 Å². The van der Waals surface area contributed by atoms with E-state index in [9.17, 15) is 27.6 Å². The average Bonchev–Trinajstić information content (AvgIpc) is 3.86. The van der Waals surface area contributed by atoms with E-state index in [0.29, 0.717) is 19.5 Å². The Kier molecular flexibility index (Phi) is 11.8. The molecule has 15 nitrogen and oxygen atoms in total. The first-order valence-corrected chi connectivity index (χ1v) is 22.8. The van der Waals surface area contributed by atoms with Crippen LogP contribution in [0.15, 0.2) is 12.7 Å². The topological polar surface area (TPSA) is 187 Å². The summed E-state index contributed by atoms with van der Waals surface area (Å²) in [5, 5.41) is 9.03. The summed E-state index contributed by atoms with van der Waals surface area (Å²) in [6.45, 7) is 24.9. The largest absolute Gasteiger partial charge is 0.379 e. The maximum atomic E-state index is 15.1. The Hall–Kier alpha value is -3.08. The lowest BCUT2D eigenvalue weighted by molar-refractivity contribution is -0.145. The predicted molar refractivity (Wildman–Crippen MR) is 219 cm³/mol. The van der Waals surface area contributed by atoms with Crippen molar-refractivity contribution < 1.29 is 37.1 Å². The van der Waals surface area contributed by atoms with Crippen molar-refractivity contribution >= 4 is 39.7 Å². The van der Waals surface area contributed by atoms with Crippen molar-refractivity contribution in [2.75, 3.05) is 52.5 Å². The molecule has 6 fully saturated rings. The predicted octanol–water partition coefficient (Wildman–Crippen LogP) is 2.33. The number of likely N-dealkylation sites (tertiary alicyclic amines) is 2. The third-order valence-corrected chi connectivity index (χ3v) is 16.6. The summed E-state index contributed by atoms with van der Waals surface area (Å²) < 4.78 is 35.1. The molecule has 3 saturated heterocycles. The van der Waals surface area contributed by atoms with Gasteiger partial charge in [0.15, 0.2) is 0 Å². The molecular weight excluding hydrogens is 763 g/mol. The highest BCUT2D eigenvalue weighted by Gasteiger charge is 2.85. The zero-order valence-corrected chi connectivity index (χ0v) is 37.1. The highest BCUT2D eigenvalue weighted by molar-refractivity contribution is 7.87. The molecule has 0 aromatic carbocycles. The molecule has 7 atom stereocenters. The Morgan fingerprint density at radius 3 is 2.03 bits per heavy atom. The molecule has 6 rings (SSSR count). The zero-order valence-electron chi connectivity index (χ0n) is 36.3. The van der Waals surface area contributed by atoms with Crippen molar-refractivity contribution in [3.05, 3.63) is 12.7 Å². The summed E-state index contributed by atoms with van der Waals surface area (Å²) in [6, 6.07) is -2.97. The number of morpholine rings is 1. The molecule has 3 aliphatic heterocycles. The summed E-state index contributed by atoms with van der Waals surface area (Å²) >= 11 is 0. The monoisotopic (exact) mass is 831 g/mol. The highest BCUT2D eigenvalue weighted by Crippen LogP contribution is 2.88. The molecule has 2 spiro atoms. The molecule has 3 heterocycles. The molecule has 0 radical (unpaired) electrons. The lowest BCUT2D eigenvalue weighted by atomic mass is 9.73. The van der Waals surface area contributed by atoms with Crippen molar-refractivity contribution in [3.8, 4) is 0 Å². The Bertz CT molecular complexity index is 1780. The summed E-state index contributed by atoms with van der Waals surface area (Å²) in [6.07, 6.45) is 6.76. The molecule has 326 valence electrons. The van der Waals surface area contributed by atoms with Crippen LogP contribution in [0.1, 0.15) is 107 Å². The van der Waals surface area contributed by atoms with E-state index in [1.54, 1.807) is 4.90 Å². The van der Waals surface area contributed by atoms with Crippen molar-refractivity contribution in [2.45, 2.75) is 131 Å². The number of rotatable bonds is 12. The lowest BCUT2D eigenvalue weighted by Crippen LogP contribution is -2.63. The summed E-state index contributed by atoms with van der Waals surface area (Å²) in [7, 11) is -4.21. The Morgan fingerprint density at radius 2 is 1.52 bits per heavy atom. The van der Waals surface area contributed by atoms with Gasteiger partial charge in [0, 0.05) is 37.5 Å². The molecule has 3 aliphatic carbocycles. The van der Waals surface area contributed by atoms with E-state index in [1.165, 1.54) is 6.08 Å². The van der Waals surface area contributed by atoms with E-state index in [1.807, 2.05) is 41.5 Å². The van der Waals surface area contributed by atoms with Crippen LogP contribution in [0.3, 0.4) is 0 Å². The van der Waals surface area contributed by atoms with Gasteiger partial charge in [-0.15, -0.1) is 6.58 Å². The second-order valence-electron chi connectivity index (χ2n) is 20.6. The number of nitrogens with one attached hydrogen (secondary N) is 4. The first-order chi connectivity index (χ1) is 26.9. The fraction of sp³-hybridized carbons (Fsp3) is 0.833. The number of fused-ring (bicyclic) bond motifs is 1. The molecule has 3 saturated carbocycles. The van der Waals surface area contributed by atoms with Gasteiger partial charge in [-0.25, -0.2) is 4.72 Å².